The maximum atomic E-state index is 12.8. The molecular formula is C29H21ClN2O5S. The van der Waals surface area contributed by atoms with Crippen LogP contribution in [-0.2, 0) is 4.79 Å². The number of ether oxygens (including phenoxy) is 3. The minimum absolute atomic E-state index is 0.186. The van der Waals surface area contributed by atoms with Gasteiger partial charge in [0.15, 0.2) is 18.1 Å². The first kappa shape index (κ1) is 25.3. The first-order valence-corrected chi connectivity index (χ1v) is 12.7. The quantitative estimate of drug-likeness (QED) is 0.105. The zero-order valence-corrected chi connectivity index (χ0v) is 21.7. The zero-order valence-electron chi connectivity index (χ0n) is 20.1. The number of fused-ring (bicyclic) bond motifs is 2. The highest BCUT2D eigenvalue weighted by Crippen LogP contribution is 2.37. The maximum Gasteiger partial charge on any atom is 0.355 e. The van der Waals surface area contributed by atoms with E-state index in [2.05, 4.69) is 10.5 Å². The van der Waals surface area contributed by atoms with Crippen LogP contribution in [0.1, 0.15) is 15.2 Å². The number of carbonyl (C=O) groups is 2. The summed E-state index contributed by atoms with van der Waals surface area (Å²) in [5.41, 5.74) is 3.05. The van der Waals surface area contributed by atoms with Crippen molar-refractivity contribution in [1.82, 2.24) is 5.43 Å². The van der Waals surface area contributed by atoms with E-state index in [1.54, 1.807) is 18.2 Å². The molecule has 190 valence electrons. The number of rotatable bonds is 8. The molecular weight excluding hydrogens is 524 g/mol. The van der Waals surface area contributed by atoms with Gasteiger partial charge in [0.05, 0.1) is 18.3 Å². The van der Waals surface area contributed by atoms with Crippen LogP contribution in [0.4, 0.5) is 0 Å². The highest BCUT2D eigenvalue weighted by atomic mass is 35.5. The van der Waals surface area contributed by atoms with Crippen LogP contribution in [0.3, 0.4) is 0 Å². The summed E-state index contributed by atoms with van der Waals surface area (Å²) < 4.78 is 17.4. The molecule has 0 aliphatic rings. The molecule has 1 aromatic heterocycles. The fourth-order valence-corrected chi connectivity index (χ4v) is 5.14. The Morgan fingerprint density at radius 1 is 0.947 bits per heavy atom. The summed E-state index contributed by atoms with van der Waals surface area (Å²) >= 11 is 7.66. The van der Waals surface area contributed by atoms with Gasteiger partial charge in [-0.05, 0) is 52.7 Å². The van der Waals surface area contributed by atoms with E-state index in [9.17, 15) is 9.59 Å². The topological polar surface area (TPSA) is 86.2 Å². The Bertz CT molecular complexity index is 1680. The Morgan fingerprint density at radius 3 is 2.55 bits per heavy atom. The SMILES string of the molecule is COc1cc(/C=N/NC(=O)COc2ccc3ccccc3c2)ccc1OC(=O)c1sc2ccccc2c1Cl. The van der Waals surface area contributed by atoms with Crippen LogP contribution in [-0.4, -0.2) is 31.8 Å². The van der Waals surface area contributed by atoms with Gasteiger partial charge in [-0.3, -0.25) is 4.79 Å². The summed E-state index contributed by atoms with van der Waals surface area (Å²) in [6.45, 7) is -0.186. The van der Waals surface area contributed by atoms with Crippen LogP contribution in [0.25, 0.3) is 20.9 Å². The molecule has 1 heterocycles. The Hall–Kier alpha value is -4.40. The van der Waals surface area contributed by atoms with E-state index in [0.29, 0.717) is 27.0 Å². The van der Waals surface area contributed by atoms with Gasteiger partial charge >= 0.3 is 5.97 Å². The van der Waals surface area contributed by atoms with Crippen LogP contribution >= 0.6 is 22.9 Å². The highest BCUT2D eigenvalue weighted by Gasteiger charge is 2.20. The number of nitrogens with zero attached hydrogens (tertiary/aromatic N) is 1. The smallest absolute Gasteiger partial charge is 0.355 e. The number of benzene rings is 4. The van der Waals surface area contributed by atoms with Crippen molar-refractivity contribution in [2.75, 3.05) is 13.7 Å². The number of methoxy groups -OCH3 is 1. The fraction of sp³-hybridized carbons (Fsp3) is 0.0690. The number of amides is 1. The lowest BCUT2D eigenvalue weighted by atomic mass is 10.1. The highest BCUT2D eigenvalue weighted by molar-refractivity contribution is 7.21. The molecule has 0 fully saturated rings. The van der Waals surface area contributed by atoms with Crippen molar-refractivity contribution in [3.63, 3.8) is 0 Å². The number of hydrazone groups is 1. The molecule has 0 aliphatic heterocycles. The van der Waals surface area contributed by atoms with Gasteiger partial charge in [0.1, 0.15) is 10.6 Å². The van der Waals surface area contributed by atoms with Crippen molar-refractivity contribution in [2.24, 2.45) is 5.10 Å². The minimum Gasteiger partial charge on any atom is -0.493 e. The van der Waals surface area contributed by atoms with E-state index in [4.69, 9.17) is 25.8 Å². The first-order valence-electron chi connectivity index (χ1n) is 11.5. The van der Waals surface area contributed by atoms with Crippen molar-refractivity contribution in [3.8, 4) is 17.2 Å². The Balaban J connectivity index is 1.18. The molecule has 0 aliphatic carbocycles. The number of halogens is 1. The number of hydrogen-bond acceptors (Lipinski definition) is 7. The lowest BCUT2D eigenvalue weighted by Gasteiger charge is -2.09. The third-order valence-corrected chi connectivity index (χ3v) is 7.26. The third-order valence-electron chi connectivity index (χ3n) is 5.60. The molecule has 0 unspecified atom stereocenters. The van der Waals surface area contributed by atoms with Crippen LogP contribution in [0.5, 0.6) is 17.2 Å². The molecule has 38 heavy (non-hydrogen) atoms. The van der Waals surface area contributed by atoms with E-state index < -0.39 is 11.9 Å². The molecule has 0 atom stereocenters. The molecule has 0 spiro atoms. The predicted octanol–water partition coefficient (Wildman–Crippen LogP) is 6.46. The predicted molar refractivity (Wildman–Crippen MR) is 150 cm³/mol. The number of thiophene rings is 1. The van der Waals surface area contributed by atoms with Crippen molar-refractivity contribution < 1.29 is 23.8 Å². The molecule has 7 nitrogen and oxygen atoms in total. The van der Waals surface area contributed by atoms with Crippen molar-refractivity contribution in [2.45, 2.75) is 0 Å². The minimum atomic E-state index is -0.574. The van der Waals surface area contributed by atoms with Gasteiger partial charge < -0.3 is 14.2 Å². The molecule has 0 saturated carbocycles. The molecule has 1 amide bonds. The molecule has 1 N–H and O–H groups in total. The van der Waals surface area contributed by atoms with Crippen LogP contribution < -0.4 is 19.6 Å². The maximum absolute atomic E-state index is 12.8. The summed E-state index contributed by atoms with van der Waals surface area (Å²) in [5.74, 6) is 0.165. The first-order chi connectivity index (χ1) is 18.5. The summed E-state index contributed by atoms with van der Waals surface area (Å²) in [5, 5.41) is 7.25. The second-order valence-corrected chi connectivity index (χ2v) is 9.56. The van der Waals surface area contributed by atoms with Gasteiger partial charge in [0.25, 0.3) is 5.91 Å². The normalized spacial score (nSPS) is 11.1. The summed E-state index contributed by atoms with van der Waals surface area (Å²) in [7, 11) is 1.46. The molecule has 0 bridgehead atoms. The lowest BCUT2D eigenvalue weighted by Crippen LogP contribution is -2.24. The van der Waals surface area contributed by atoms with Gasteiger partial charge in [-0.2, -0.15) is 5.10 Å². The number of nitrogens with one attached hydrogen (secondary N) is 1. The van der Waals surface area contributed by atoms with E-state index in [-0.39, 0.29) is 12.4 Å². The number of esters is 1. The van der Waals surface area contributed by atoms with Crippen molar-refractivity contribution in [1.29, 1.82) is 0 Å². The van der Waals surface area contributed by atoms with Crippen LogP contribution in [0.2, 0.25) is 5.02 Å². The lowest BCUT2D eigenvalue weighted by molar-refractivity contribution is -0.123. The second kappa shape index (κ2) is 11.3. The monoisotopic (exact) mass is 544 g/mol. The van der Waals surface area contributed by atoms with Crippen molar-refractivity contribution >= 4 is 61.9 Å². The summed E-state index contributed by atoms with van der Waals surface area (Å²) in [6, 6.07) is 25.9. The van der Waals surface area contributed by atoms with Crippen LogP contribution in [0, 0.1) is 0 Å². The van der Waals surface area contributed by atoms with Crippen LogP contribution in [0.15, 0.2) is 90.0 Å². The number of carbonyl (C=O) groups excluding carboxylic acids is 2. The number of hydrogen-bond donors (Lipinski definition) is 1. The summed E-state index contributed by atoms with van der Waals surface area (Å²) in [6.07, 6.45) is 1.45. The Kier molecular flexibility index (Phi) is 7.53. The third kappa shape index (κ3) is 5.61. The average Bonchev–Trinajstić information content (AvgIpc) is 3.29. The van der Waals surface area contributed by atoms with E-state index >= 15 is 0 Å². The largest absolute Gasteiger partial charge is 0.493 e. The van der Waals surface area contributed by atoms with Gasteiger partial charge in [-0.15, -0.1) is 11.3 Å². The molecule has 5 rings (SSSR count). The van der Waals surface area contributed by atoms with E-state index in [1.165, 1.54) is 24.7 Å². The molecule has 5 aromatic rings. The summed E-state index contributed by atoms with van der Waals surface area (Å²) in [4.78, 5) is 25.3. The van der Waals surface area contributed by atoms with Gasteiger partial charge in [-0.1, -0.05) is 60.1 Å². The van der Waals surface area contributed by atoms with E-state index in [0.717, 1.165) is 20.9 Å². The zero-order chi connectivity index (χ0) is 26.5. The fourth-order valence-electron chi connectivity index (χ4n) is 3.76. The van der Waals surface area contributed by atoms with Gasteiger partial charge in [-0.25, -0.2) is 10.2 Å². The Labute approximate surface area is 227 Å². The van der Waals surface area contributed by atoms with E-state index in [1.807, 2.05) is 66.7 Å². The standard InChI is InChI=1S/C29H21ClN2O5S/c1-35-24-14-18(10-13-23(24)37-29(34)28-27(30)22-8-4-5-9-25(22)38-28)16-31-32-26(33)17-36-21-12-11-19-6-2-3-7-20(19)15-21/h2-16H,17H2,1H3,(H,32,33)/b31-16+. The molecule has 0 radical (unpaired) electrons. The molecule has 4 aromatic carbocycles. The van der Waals surface area contributed by atoms with Crippen molar-refractivity contribution in [3.05, 3.63) is 100 Å². The molecule has 0 saturated heterocycles. The molecule has 9 heteroatoms. The average molecular weight is 545 g/mol. The van der Waals surface area contributed by atoms with Gasteiger partial charge in [0, 0.05) is 10.1 Å². The van der Waals surface area contributed by atoms with Gasteiger partial charge in [0.2, 0.25) is 0 Å². The second-order valence-electron chi connectivity index (χ2n) is 8.13. The Morgan fingerprint density at radius 2 is 1.74 bits per heavy atom.